The van der Waals surface area contributed by atoms with E-state index in [-0.39, 0.29) is 17.7 Å². The predicted octanol–water partition coefficient (Wildman–Crippen LogP) is 7.01. The van der Waals surface area contributed by atoms with Gasteiger partial charge in [-0.15, -0.1) is 0 Å². The van der Waals surface area contributed by atoms with Crippen LogP contribution in [-0.4, -0.2) is 35.5 Å². The number of hydrogen-bond donors (Lipinski definition) is 0. The lowest BCUT2D eigenvalue weighted by Gasteiger charge is -2.44. The summed E-state index contributed by atoms with van der Waals surface area (Å²) < 4.78 is 86.0. The lowest BCUT2D eigenvalue weighted by molar-refractivity contribution is -0.143. The van der Waals surface area contributed by atoms with Gasteiger partial charge in [0.2, 0.25) is 11.8 Å². The number of methoxy groups -OCH3 is 1. The van der Waals surface area contributed by atoms with Gasteiger partial charge in [-0.1, -0.05) is 12.8 Å². The Morgan fingerprint density at radius 1 is 1.05 bits per heavy atom. The zero-order chi connectivity index (χ0) is 27.8. The molecule has 1 aliphatic heterocycles. The van der Waals surface area contributed by atoms with E-state index in [4.69, 9.17) is 4.74 Å². The number of rotatable bonds is 6. The van der Waals surface area contributed by atoms with Crippen molar-refractivity contribution < 1.29 is 35.9 Å². The van der Waals surface area contributed by atoms with Crippen molar-refractivity contribution in [3.63, 3.8) is 0 Å². The van der Waals surface area contributed by atoms with Crippen molar-refractivity contribution in [2.75, 3.05) is 18.6 Å². The minimum Gasteiger partial charge on any atom is -0.481 e. The van der Waals surface area contributed by atoms with Crippen LogP contribution in [0.1, 0.15) is 74.4 Å². The molecular weight excluding hydrogens is 512 g/mol. The van der Waals surface area contributed by atoms with Crippen molar-refractivity contribution in [2.24, 2.45) is 5.92 Å². The predicted molar refractivity (Wildman–Crippen MR) is 130 cm³/mol. The van der Waals surface area contributed by atoms with Crippen LogP contribution in [0, 0.1) is 5.92 Å². The number of pyridine rings is 1. The van der Waals surface area contributed by atoms with Crippen LogP contribution in [0.5, 0.6) is 5.88 Å². The summed E-state index contributed by atoms with van der Waals surface area (Å²) in [5.74, 6) is 0.359. The SMILES string of the molecule is COc1ccc2c(n1)C(N(Cc1cc(C(F)(F)F)cc(C(F)(F)F)c1)C(C)=O)CC(C)N2CC1CCCC1. The number of alkyl halides is 6. The van der Waals surface area contributed by atoms with E-state index in [0.29, 0.717) is 36.0 Å². The molecule has 2 aliphatic rings. The molecule has 1 amide bonds. The molecule has 4 rings (SSSR count). The molecule has 0 spiro atoms. The van der Waals surface area contributed by atoms with Crippen molar-refractivity contribution in [3.8, 4) is 5.88 Å². The molecule has 0 bridgehead atoms. The lowest BCUT2D eigenvalue weighted by Crippen LogP contribution is -2.46. The molecule has 2 aromatic rings. The molecular formula is C27H31F6N3O2. The molecule has 0 radical (unpaired) electrons. The maximum Gasteiger partial charge on any atom is 0.416 e. The van der Waals surface area contributed by atoms with E-state index in [1.165, 1.54) is 31.8 Å². The van der Waals surface area contributed by atoms with Crippen molar-refractivity contribution in [1.82, 2.24) is 9.88 Å². The highest BCUT2D eigenvalue weighted by Gasteiger charge is 2.40. The van der Waals surface area contributed by atoms with E-state index in [9.17, 15) is 31.1 Å². The highest BCUT2D eigenvalue weighted by atomic mass is 19.4. The van der Waals surface area contributed by atoms with Crippen molar-refractivity contribution in [3.05, 3.63) is 52.7 Å². The topological polar surface area (TPSA) is 45.7 Å². The van der Waals surface area contributed by atoms with Gasteiger partial charge in [0.1, 0.15) is 0 Å². The fraction of sp³-hybridized carbons (Fsp3) is 0.556. The lowest BCUT2D eigenvalue weighted by atomic mass is 9.92. The quantitative estimate of drug-likeness (QED) is 0.368. The first-order chi connectivity index (χ1) is 17.8. The number of carbonyl (C=O) groups excluding carboxylic acids is 1. The Labute approximate surface area is 217 Å². The Balaban J connectivity index is 1.74. The molecule has 2 heterocycles. The highest BCUT2D eigenvalue weighted by molar-refractivity contribution is 5.74. The van der Waals surface area contributed by atoms with Crippen molar-refractivity contribution in [1.29, 1.82) is 0 Å². The Morgan fingerprint density at radius 3 is 2.18 bits per heavy atom. The largest absolute Gasteiger partial charge is 0.481 e. The minimum absolute atomic E-state index is 0.0302. The maximum atomic E-state index is 13.5. The Hall–Kier alpha value is -2.98. The van der Waals surface area contributed by atoms with Gasteiger partial charge in [-0.25, -0.2) is 4.98 Å². The summed E-state index contributed by atoms with van der Waals surface area (Å²) in [5.41, 5.74) is -1.75. The number of amides is 1. The standard InChI is InChI=1S/C27H31F6N3O2/c1-16-10-23(25-22(8-9-24(34-25)38-3)35(16)14-18-6-4-5-7-18)36(17(2)37)15-19-11-20(26(28,29)30)13-21(12-19)27(31,32)33/h8-9,11-13,16,18,23H,4-7,10,14-15H2,1-3H3. The van der Waals surface area contributed by atoms with Crippen LogP contribution in [0.2, 0.25) is 0 Å². The summed E-state index contributed by atoms with van der Waals surface area (Å²) in [6.45, 7) is 3.66. The second-order valence-corrected chi connectivity index (χ2v) is 10.2. The van der Waals surface area contributed by atoms with Gasteiger partial charge in [0.05, 0.1) is 35.7 Å². The summed E-state index contributed by atoms with van der Waals surface area (Å²) in [4.78, 5) is 21.0. The second kappa shape index (κ2) is 10.6. The van der Waals surface area contributed by atoms with Gasteiger partial charge >= 0.3 is 12.4 Å². The van der Waals surface area contributed by atoms with Crippen LogP contribution >= 0.6 is 0 Å². The van der Waals surface area contributed by atoms with Gasteiger partial charge < -0.3 is 14.5 Å². The van der Waals surface area contributed by atoms with Gasteiger partial charge in [-0.2, -0.15) is 26.3 Å². The molecule has 1 fully saturated rings. The number of carbonyl (C=O) groups is 1. The summed E-state index contributed by atoms with van der Waals surface area (Å²) >= 11 is 0. The number of anilines is 1. The van der Waals surface area contributed by atoms with Gasteiger partial charge in [0, 0.05) is 32.1 Å². The van der Waals surface area contributed by atoms with E-state index in [0.717, 1.165) is 25.1 Å². The molecule has 1 aromatic carbocycles. The van der Waals surface area contributed by atoms with Crippen LogP contribution in [0.3, 0.4) is 0 Å². The molecule has 5 nitrogen and oxygen atoms in total. The summed E-state index contributed by atoms with van der Waals surface area (Å²) in [6, 6.07) is 4.33. The number of aromatic nitrogens is 1. The van der Waals surface area contributed by atoms with Gasteiger partial charge in [0.25, 0.3) is 0 Å². The average Bonchev–Trinajstić information content (AvgIpc) is 3.36. The van der Waals surface area contributed by atoms with E-state index in [1.807, 2.05) is 13.0 Å². The molecule has 1 aliphatic carbocycles. The Bertz CT molecular complexity index is 1130. The van der Waals surface area contributed by atoms with Crippen LogP contribution < -0.4 is 9.64 Å². The molecule has 0 saturated heterocycles. The summed E-state index contributed by atoms with van der Waals surface area (Å²) in [7, 11) is 1.45. The number of fused-ring (bicyclic) bond motifs is 1. The first-order valence-corrected chi connectivity index (χ1v) is 12.6. The van der Waals surface area contributed by atoms with Crippen LogP contribution in [0.4, 0.5) is 32.0 Å². The highest BCUT2D eigenvalue weighted by Crippen LogP contribution is 2.43. The summed E-state index contributed by atoms with van der Waals surface area (Å²) in [6.07, 6.45) is -4.91. The molecule has 1 aromatic heterocycles. The molecule has 208 valence electrons. The molecule has 2 unspecified atom stereocenters. The second-order valence-electron chi connectivity index (χ2n) is 10.2. The van der Waals surface area contributed by atoms with Gasteiger partial charge in [-0.05, 0) is 61.9 Å². The third kappa shape index (κ3) is 6.02. The van der Waals surface area contributed by atoms with E-state index in [1.54, 1.807) is 6.07 Å². The van der Waals surface area contributed by atoms with Gasteiger partial charge in [0.15, 0.2) is 0 Å². The first-order valence-electron chi connectivity index (χ1n) is 12.6. The van der Waals surface area contributed by atoms with Crippen molar-refractivity contribution >= 4 is 11.6 Å². The minimum atomic E-state index is -4.97. The van der Waals surface area contributed by atoms with Crippen LogP contribution in [-0.2, 0) is 23.7 Å². The first kappa shape index (κ1) is 28.0. The molecule has 0 N–H and O–H groups in total. The van der Waals surface area contributed by atoms with E-state index < -0.39 is 42.0 Å². The zero-order valence-corrected chi connectivity index (χ0v) is 21.5. The monoisotopic (exact) mass is 543 g/mol. The maximum absolute atomic E-state index is 13.5. The molecule has 2 atom stereocenters. The number of ether oxygens (including phenoxy) is 1. The molecule has 38 heavy (non-hydrogen) atoms. The molecule has 1 saturated carbocycles. The third-order valence-corrected chi connectivity index (χ3v) is 7.52. The summed E-state index contributed by atoms with van der Waals surface area (Å²) in [5, 5.41) is 0. The normalized spacial score (nSPS) is 20.4. The fourth-order valence-electron chi connectivity index (χ4n) is 5.62. The van der Waals surface area contributed by atoms with Crippen molar-refractivity contribution in [2.45, 2.75) is 76.9 Å². The number of nitrogens with zero attached hydrogens (tertiary/aromatic N) is 3. The Morgan fingerprint density at radius 2 is 1.66 bits per heavy atom. The van der Waals surface area contributed by atoms with E-state index >= 15 is 0 Å². The Kier molecular flexibility index (Phi) is 7.86. The zero-order valence-electron chi connectivity index (χ0n) is 21.5. The van der Waals surface area contributed by atoms with Crippen LogP contribution in [0.15, 0.2) is 30.3 Å². The number of halogens is 6. The van der Waals surface area contributed by atoms with Gasteiger partial charge in [-0.3, -0.25) is 4.79 Å². The van der Waals surface area contributed by atoms with E-state index in [2.05, 4.69) is 9.88 Å². The number of hydrogen-bond acceptors (Lipinski definition) is 4. The van der Waals surface area contributed by atoms with Crippen LogP contribution in [0.25, 0.3) is 0 Å². The third-order valence-electron chi connectivity index (χ3n) is 7.52. The average molecular weight is 544 g/mol. The fourth-order valence-corrected chi connectivity index (χ4v) is 5.62. The smallest absolute Gasteiger partial charge is 0.416 e. The molecule has 11 heteroatoms. The number of benzene rings is 1.